The van der Waals surface area contributed by atoms with Gasteiger partial charge in [-0.1, -0.05) is 12.2 Å². The average Bonchev–Trinajstić information content (AvgIpc) is 1.88. The predicted octanol–water partition coefficient (Wildman–Crippen LogP) is 0.987. The van der Waals surface area contributed by atoms with Crippen LogP contribution in [-0.4, -0.2) is 13.1 Å². The monoisotopic (exact) mass is 138 g/mol. The summed E-state index contributed by atoms with van der Waals surface area (Å²) in [6.07, 6.45) is 0. The van der Waals surface area contributed by atoms with Crippen LogP contribution in [0.15, 0.2) is 23.5 Å². The lowest BCUT2D eigenvalue weighted by molar-refractivity contribution is 0.653. The molecule has 0 atom stereocenters. The molecular weight excluding hydrogens is 124 g/mol. The number of nitrogens with one attached hydrogen (secondary N) is 2. The smallest absolute Gasteiger partial charge is 0.0556 e. The summed E-state index contributed by atoms with van der Waals surface area (Å²) < 4.78 is 0. The van der Waals surface area contributed by atoms with Crippen molar-refractivity contribution in [1.29, 1.82) is 0 Å². The number of allylic oxidation sites excluding steroid dienone is 1. The van der Waals surface area contributed by atoms with E-state index in [1.165, 1.54) is 11.3 Å². The van der Waals surface area contributed by atoms with E-state index >= 15 is 0 Å². The van der Waals surface area contributed by atoms with Crippen LogP contribution in [0, 0.1) is 0 Å². The second-order valence-electron chi connectivity index (χ2n) is 2.71. The molecule has 1 aliphatic heterocycles. The van der Waals surface area contributed by atoms with Gasteiger partial charge in [0.15, 0.2) is 0 Å². The van der Waals surface area contributed by atoms with E-state index in [0.717, 1.165) is 18.8 Å². The summed E-state index contributed by atoms with van der Waals surface area (Å²) in [5, 5.41) is 6.48. The molecule has 1 heterocycles. The fourth-order valence-electron chi connectivity index (χ4n) is 1.07. The van der Waals surface area contributed by atoms with Crippen molar-refractivity contribution in [2.24, 2.45) is 0 Å². The molecular formula is C8H14N2. The summed E-state index contributed by atoms with van der Waals surface area (Å²) in [5.74, 6) is 0. The van der Waals surface area contributed by atoms with Crippen LogP contribution in [0.4, 0.5) is 0 Å². The van der Waals surface area contributed by atoms with Crippen LogP contribution in [-0.2, 0) is 0 Å². The first-order chi connectivity index (χ1) is 4.72. The highest BCUT2D eigenvalue weighted by molar-refractivity contribution is 5.30. The van der Waals surface area contributed by atoms with Gasteiger partial charge in [-0.3, -0.25) is 0 Å². The maximum atomic E-state index is 3.89. The van der Waals surface area contributed by atoms with Crippen molar-refractivity contribution in [1.82, 2.24) is 10.6 Å². The van der Waals surface area contributed by atoms with Crippen molar-refractivity contribution in [2.75, 3.05) is 13.1 Å². The Morgan fingerprint density at radius 3 is 2.30 bits per heavy atom. The van der Waals surface area contributed by atoms with Crippen LogP contribution in [0.3, 0.4) is 0 Å². The average molecular weight is 138 g/mol. The molecule has 2 N–H and O–H groups in total. The van der Waals surface area contributed by atoms with Gasteiger partial charge >= 0.3 is 0 Å². The van der Waals surface area contributed by atoms with Crippen molar-refractivity contribution >= 4 is 0 Å². The number of hydrogen-bond acceptors (Lipinski definition) is 2. The third kappa shape index (κ3) is 1.32. The third-order valence-electron chi connectivity index (χ3n) is 1.57. The van der Waals surface area contributed by atoms with Gasteiger partial charge in [0, 0.05) is 13.1 Å². The fourth-order valence-corrected chi connectivity index (χ4v) is 1.07. The predicted molar refractivity (Wildman–Crippen MR) is 43.5 cm³/mol. The quantitative estimate of drug-likeness (QED) is 0.521. The van der Waals surface area contributed by atoms with E-state index in [0.29, 0.717) is 0 Å². The maximum absolute atomic E-state index is 3.89. The number of piperazine rings is 1. The van der Waals surface area contributed by atoms with Crippen molar-refractivity contribution in [3.05, 3.63) is 23.5 Å². The van der Waals surface area contributed by atoms with E-state index in [4.69, 9.17) is 0 Å². The second-order valence-corrected chi connectivity index (χ2v) is 2.71. The van der Waals surface area contributed by atoms with Crippen LogP contribution in [0.2, 0.25) is 0 Å². The normalized spacial score (nSPS) is 17.8. The Morgan fingerprint density at radius 2 is 1.90 bits per heavy atom. The zero-order chi connectivity index (χ0) is 7.56. The second kappa shape index (κ2) is 2.78. The summed E-state index contributed by atoms with van der Waals surface area (Å²) >= 11 is 0. The standard InChI is InChI=1S/C8H14N2/c1-6(2)8-7(3)9-4-5-10-8/h9-10H,3-5H2,1-2H3. The van der Waals surface area contributed by atoms with E-state index < -0.39 is 0 Å². The van der Waals surface area contributed by atoms with Crippen molar-refractivity contribution in [2.45, 2.75) is 13.8 Å². The van der Waals surface area contributed by atoms with Crippen LogP contribution in [0.25, 0.3) is 0 Å². The Hall–Kier alpha value is -0.920. The molecule has 0 spiro atoms. The third-order valence-corrected chi connectivity index (χ3v) is 1.57. The van der Waals surface area contributed by atoms with Crippen LogP contribution in [0.1, 0.15) is 13.8 Å². The minimum absolute atomic E-state index is 0.982. The molecule has 1 aliphatic rings. The lowest BCUT2D eigenvalue weighted by atomic mass is 10.2. The van der Waals surface area contributed by atoms with Gasteiger partial charge in [0.2, 0.25) is 0 Å². The Morgan fingerprint density at radius 1 is 1.30 bits per heavy atom. The molecule has 0 aromatic carbocycles. The molecule has 1 rings (SSSR count). The molecule has 1 fully saturated rings. The van der Waals surface area contributed by atoms with E-state index in [1.807, 2.05) is 0 Å². The molecule has 1 saturated heterocycles. The van der Waals surface area contributed by atoms with Gasteiger partial charge in [-0.25, -0.2) is 0 Å². The van der Waals surface area contributed by atoms with Crippen LogP contribution in [0.5, 0.6) is 0 Å². The summed E-state index contributed by atoms with van der Waals surface area (Å²) in [4.78, 5) is 0. The zero-order valence-electron chi connectivity index (χ0n) is 6.62. The summed E-state index contributed by atoms with van der Waals surface area (Å²) in [6, 6.07) is 0. The van der Waals surface area contributed by atoms with Crippen LogP contribution >= 0.6 is 0 Å². The lowest BCUT2D eigenvalue weighted by Crippen LogP contribution is -2.36. The van der Waals surface area contributed by atoms with Crippen molar-refractivity contribution < 1.29 is 0 Å². The highest BCUT2D eigenvalue weighted by Crippen LogP contribution is 2.08. The van der Waals surface area contributed by atoms with E-state index in [1.54, 1.807) is 0 Å². The van der Waals surface area contributed by atoms with Gasteiger partial charge in [-0.15, -0.1) is 0 Å². The van der Waals surface area contributed by atoms with Gasteiger partial charge in [0.25, 0.3) is 0 Å². The molecule has 56 valence electrons. The first kappa shape index (κ1) is 7.19. The SMILES string of the molecule is C=C1NCCNC1=C(C)C. The Bertz CT molecular complexity index is 176. The highest BCUT2D eigenvalue weighted by Gasteiger charge is 2.07. The van der Waals surface area contributed by atoms with Gasteiger partial charge in [0.05, 0.1) is 11.4 Å². The molecule has 0 unspecified atom stereocenters. The largest absolute Gasteiger partial charge is 0.382 e. The van der Waals surface area contributed by atoms with Gasteiger partial charge in [-0.2, -0.15) is 0 Å². The van der Waals surface area contributed by atoms with Gasteiger partial charge in [0.1, 0.15) is 0 Å². The zero-order valence-corrected chi connectivity index (χ0v) is 6.62. The van der Waals surface area contributed by atoms with E-state index in [2.05, 4.69) is 31.1 Å². The molecule has 2 nitrogen and oxygen atoms in total. The molecule has 0 aromatic rings. The molecule has 2 heteroatoms. The first-order valence-corrected chi connectivity index (χ1v) is 3.56. The molecule has 0 radical (unpaired) electrons. The molecule has 0 amide bonds. The first-order valence-electron chi connectivity index (χ1n) is 3.56. The number of rotatable bonds is 0. The summed E-state index contributed by atoms with van der Waals surface area (Å²) in [7, 11) is 0. The van der Waals surface area contributed by atoms with E-state index in [-0.39, 0.29) is 0 Å². The fraction of sp³-hybridized carbons (Fsp3) is 0.500. The minimum atomic E-state index is 0.982. The van der Waals surface area contributed by atoms with Crippen LogP contribution < -0.4 is 10.6 Å². The van der Waals surface area contributed by atoms with E-state index in [9.17, 15) is 0 Å². The molecule has 0 bridgehead atoms. The van der Waals surface area contributed by atoms with Crippen molar-refractivity contribution in [3.8, 4) is 0 Å². The summed E-state index contributed by atoms with van der Waals surface area (Å²) in [5.41, 5.74) is 3.48. The van der Waals surface area contributed by atoms with Crippen molar-refractivity contribution in [3.63, 3.8) is 0 Å². The molecule has 0 saturated carbocycles. The lowest BCUT2D eigenvalue weighted by Gasteiger charge is -2.22. The Balaban J connectivity index is 2.75. The van der Waals surface area contributed by atoms with Gasteiger partial charge < -0.3 is 10.6 Å². The Kier molecular flexibility index (Phi) is 2.00. The molecule has 0 aliphatic carbocycles. The maximum Gasteiger partial charge on any atom is 0.0556 e. The Labute approximate surface area is 62.0 Å². The minimum Gasteiger partial charge on any atom is -0.382 e. The topological polar surface area (TPSA) is 24.1 Å². The highest BCUT2D eigenvalue weighted by atomic mass is 15.0. The molecule has 0 aromatic heterocycles. The summed E-state index contributed by atoms with van der Waals surface area (Å²) in [6.45, 7) is 10.0. The molecule has 10 heavy (non-hydrogen) atoms. The van der Waals surface area contributed by atoms with Gasteiger partial charge in [-0.05, 0) is 13.8 Å². The number of hydrogen-bond donors (Lipinski definition) is 2.